The molecule has 0 aromatic rings. The van der Waals surface area contributed by atoms with Crippen LogP contribution in [0.25, 0.3) is 0 Å². The Kier molecular flexibility index (Phi) is 9.87. The summed E-state index contributed by atoms with van der Waals surface area (Å²) in [5.41, 5.74) is -0.829. The van der Waals surface area contributed by atoms with Gasteiger partial charge in [0.1, 0.15) is 0 Å². The van der Waals surface area contributed by atoms with Crippen molar-refractivity contribution in [3.63, 3.8) is 0 Å². The molecule has 0 heterocycles. The summed E-state index contributed by atoms with van der Waals surface area (Å²) in [6.45, 7) is 6.16. The van der Waals surface area contributed by atoms with Gasteiger partial charge in [-0.2, -0.15) is 0 Å². The van der Waals surface area contributed by atoms with Gasteiger partial charge in [-0.05, 0) is 32.1 Å². The molecule has 0 unspecified atom stereocenters. The van der Waals surface area contributed by atoms with Crippen LogP contribution in [0.2, 0.25) is 0 Å². The van der Waals surface area contributed by atoms with E-state index in [1.54, 1.807) is 0 Å². The summed E-state index contributed by atoms with van der Waals surface area (Å²) in [6, 6.07) is 0. The van der Waals surface area contributed by atoms with Crippen molar-refractivity contribution in [1.82, 2.24) is 0 Å². The van der Waals surface area contributed by atoms with Crippen molar-refractivity contribution in [2.24, 2.45) is 11.8 Å². The Morgan fingerprint density at radius 2 is 1.71 bits per heavy atom. The lowest BCUT2D eigenvalue weighted by atomic mass is 9.88. The maximum Gasteiger partial charge on any atom is 0.0799 e. The van der Waals surface area contributed by atoms with Crippen LogP contribution in [-0.2, 0) is 0 Å². The van der Waals surface area contributed by atoms with E-state index in [9.17, 15) is 15.3 Å². The third kappa shape index (κ3) is 7.50. The van der Waals surface area contributed by atoms with Gasteiger partial charge in [0.15, 0.2) is 0 Å². The molecule has 1 rings (SSSR count). The Labute approximate surface area is 148 Å². The van der Waals surface area contributed by atoms with Gasteiger partial charge in [-0.15, -0.1) is 0 Å². The lowest BCUT2D eigenvalue weighted by Gasteiger charge is -2.23. The smallest absolute Gasteiger partial charge is 0.0799 e. The molecular weight excluding hydrogens is 300 g/mol. The topological polar surface area (TPSA) is 60.7 Å². The number of aliphatic hydroxyl groups excluding tert-OH is 2. The standard InChI is InChI=1S/C21H38O3/c1-4-6-8-9-10-12-17-18(20(23)16-19(17)22)13-15-21(3,24)14-11-7-5-2/h9-10,13,15,17-20,22-24H,4-8,11-12,14,16H2,1-3H3/b10-9-,15-13+/t17-,18-,19+,20-,21+/m1/s1. The molecule has 0 radical (unpaired) electrons. The largest absolute Gasteiger partial charge is 0.393 e. The van der Waals surface area contributed by atoms with Crippen LogP contribution in [0.4, 0.5) is 0 Å². The molecule has 1 saturated carbocycles. The zero-order valence-corrected chi connectivity index (χ0v) is 15.8. The molecule has 1 fully saturated rings. The Bertz CT molecular complexity index is 387. The van der Waals surface area contributed by atoms with E-state index in [2.05, 4.69) is 26.0 Å². The van der Waals surface area contributed by atoms with Crippen LogP contribution in [0.15, 0.2) is 24.3 Å². The first-order chi connectivity index (χ1) is 11.4. The van der Waals surface area contributed by atoms with Crippen molar-refractivity contribution in [3.05, 3.63) is 24.3 Å². The zero-order chi connectivity index (χ0) is 18.0. The molecule has 1 aliphatic rings. The predicted octanol–water partition coefficient (Wildman–Crippen LogP) is 4.37. The third-order valence-corrected chi connectivity index (χ3v) is 5.18. The molecule has 3 N–H and O–H groups in total. The number of allylic oxidation sites excluding steroid dienone is 2. The van der Waals surface area contributed by atoms with E-state index in [-0.39, 0.29) is 11.8 Å². The molecule has 1 aliphatic carbocycles. The lowest BCUT2D eigenvalue weighted by molar-refractivity contribution is 0.0954. The van der Waals surface area contributed by atoms with Gasteiger partial charge in [0.25, 0.3) is 0 Å². The van der Waals surface area contributed by atoms with Gasteiger partial charge in [-0.3, -0.25) is 0 Å². The highest BCUT2D eigenvalue weighted by Gasteiger charge is 2.39. The van der Waals surface area contributed by atoms with Gasteiger partial charge in [-0.1, -0.05) is 70.3 Å². The van der Waals surface area contributed by atoms with Crippen molar-refractivity contribution < 1.29 is 15.3 Å². The SMILES string of the molecule is CCCC/C=C\C[C@@H]1[C@@H](/C=C/[C@@](C)(O)CCCCC)[C@H](O)C[C@@H]1O. The predicted molar refractivity (Wildman–Crippen MR) is 101 cm³/mol. The summed E-state index contributed by atoms with van der Waals surface area (Å²) in [7, 11) is 0. The lowest BCUT2D eigenvalue weighted by Crippen LogP contribution is -2.24. The highest BCUT2D eigenvalue weighted by molar-refractivity contribution is 5.08. The van der Waals surface area contributed by atoms with Crippen molar-refractivity contribution in [2.75, 3.05) is 0 Å². The first-order valence-corrected chi connectivity index (χ1v) is 9.84. The van der Waals surface area contributed by atoms with Crippen molar-refractivity contribution in [1.29, 1.82) is 0 Å². The van der Waals surface area contributed by atoms with E-state index in [4.69, 9.17) is 0 Å². The Hall–Kier alpha value is -0.640. The van der Waals surface area contributed by atoms with E-state index < -0.39 is 17.8 Å². The molecular formula is C21H38O3. The van der Waals surface area contributed by atoms with Crippen LogP contribution in [-0.4, -0.2) is 33.1 Å². The molecule has 0 aromatic heterocycles. The fourth-order valence-electron chi connectivity index (χ4n) is 3.53. The fourth-order valence-corrected chi connectivity index (χ4v) is 3.53. The van der Waals surface area contributed by atoms with Crippen LogP contribution in [0.3, 0.4) is 0 Å². The maximum atomic E-state index is 10.5. The maximum absolute atomic E-state index is 10.5. The average Bonchev–Trinajstić information content (AvgIpc) is 2.79. The third-order valence-electron chi connectivity index (χ3n) is 5.18. The van der Waals surface area contributed by atoms with Crippen LogP contribution in [0.5, 0.6) is 0 Å². The summed E-state index contributed by atoms with van der Waals surface area (Å²) in [5, 5.41) is 31.0. The summed E-state index contributed by atoms with van der Waals surface area (Å²) in [4.78, 5) is 0. The van der Waals surface area contributed by atoms with E-state index in [1.165, 1.54) is 12.8 Å². The molecule has 5 atom stereocenters. The second-order valence-electron chi connectivity index (χ2n) is 7.63. The number of aliphatic hydroxyl groups is 3. The summed E-state index contributed by atoms with van der Waals surface area (Å²) < 4.78 is 0. The quantitative estimate of drug-likeness (QED) is 0.387. The van der Waals surface area contributed by atoms with Gasteiger partial charge in [0.05, 0.1) is 17.8 Å². The number of hydrogen-bond acceptors (Lipinski definition) is 3. The van der Waals surface area contributed by atoms with Crippen LogP contribution >= 0.6 is 0 Å². The molecule has 0 aromatic carbocycles. The molecule has 3 heteroatoms. The second-order valence-corrected chi connectivity index (χ2v) is 7.63. The summed E-state index contributed by atoms with van der Waals surface area (Å²) in [6.07, 6.45) is 15.8. The van der Waals surface area contributed by atoms with Gasteiger partial charge >= 0.3 is 0 Å². The van der Waals surface area contributed by atoms with Crippen molar-refractivity contribution in [3.8, 4) is 0 Å². The second kappa shape index (κ2) is 11.1. The molecule has 24 heavy (non-hydrogen) atoms. The normalized spacial score (nSPS) is 30.4. The minimum atomic E-state index is -0.829. The molecule has 140 valence electrons. The molecule has 0 aliphatic heterocycles. The number of hydrogen-bond donors (Lipinski definition) is 3. The Balaban J connectivity index is 2.61. The Morgan fingerprint density at radius 1 is 1.00 bits per heavy atom. The van der Waals surface area contributed by atoms with Crippen LogP contribution in [0.1, 0.15) is 78.6 Å². The average molecular weight is 339 g/mol. The van der Waals surface area contributed by atoms with Gasteiger partial charge < -0.3 is 15.3 Å². The molecule has 0 bridgehead atoms. The highest BCUT2D eigenvalue weighted by atomic mass is 16.3. The minimum absolute atomic E-state index is 0.0422. The van der Waals surface area contributed by atoms with Crippen LogP contribution in [0, 0.1) is 11.8 Å². The number of unbranched alkanes of at least 4 members (excludes halogenated alkanes) is 4. The molecule has 3 nitrogen and oxygen atoms in total. The summed E-state index contributed by atoms with van der Waals surface area (Å²) in [5.74, 6) is -0.0333. The van der Waals surface area contributed by atoms with E-state index in [0.29, 0.717) is 6.42 Å². The van der Waals surface area contributed by atoms with Gasteiger partial charge in [-0.25, -0.2) is 0 Å². The minimum Gasteiger partial charge on any atom is -0.393 e. The summed E-state index contributed by atoms with van der Waals surface area (Å²) >= 11 is 0. The zero-order valence-electron chi connectivity index (χ0n) is 15.8. The molecule has 0 spiro atoms. The van der Waals surface area contributed by atoms with E-state index in [1.807, 2.05) is 19.1 Å². The van der Waals surface area contributed by atoms with Crippen molar-refractivity contribution >= 4 is 0 Å². The first kappa shape index (κ1) is 21.4. The Morgan fingerprint density at radius 3 is 2.38 bits per heavy atom. The molecule has 0 amide bonds. The van der Waals surface area contributed by atoms with E-state index >= 15 is 0 Å². The van der Waals surface area contributed by atoms with E-state index in [0.717, 1.165) is 38.5 Å². The fraction of sp³-hybridized carbons (Fsp3) is 0.810. The van der Waals surface area contributed by atoms with Crippen LogP contribution < -0.4 is 0 Å². The van der Waals surface area contributed by atoms with Gasteiger partial charge in [0, 0.05) is 12.3 Å². The number of rotatable bonds is 11. The van der Waals surface area contributed by atoms with Gasteiger partial charge in [0.2, 0.25) is 0 Å². The monoisotopic (exact) mass is 338 g/mol. The highest BCUT2D eigenvalue weighted by Crippen LogP contribution is 2.37. The molecule has 0 saturated heterocycles. The first-order valence-electron chi connectivity index (χ1n) is 9.84. The van der Waals surface area contributed by atoms with Crippen molar-refractivity contribution in [2.45, 2.75) is 96.4 Å².